The molecule has 2 rings (SSSR count). The average molecular weight is 292 g/mol. The van der Waals surface area contributed by atoms with Gasteiger partial charge in [0.05, 0.1) is 12.3 Å². The van der Waals surface area contributed by atoms with Gasteiger partial charge in [0.1, 0.15) is 17.6 Å². The van der Waals surface area contributed by atoms with E-state index in [1.165, 1.54) is 0 Å². The second kappa shape index (κ2) is 5.93. The monoisotopic (exact) mass is 292 g/mol. The Labute approximate surface area is 125 Å². The Kier molecular flexibility index (Phi) is 4.42. The van der Waals surface area contributed by atoms with Gasteiger partial charge in [0, 0.05) is 30.0 Å². The highest BCUT2D eigenvalue weighted by Gasteiger charge is 2.23. The quantitative estimate of drug-likeness (QED) is 0.874. The number of hydrogen-bond acceptors (Lipinski definition) is 4. The lowest BCUT2D eigenvalue weighted by atomic mass is 10.0. The largest absolute Gasteiger partial charge is 0.492 e. The van der Waals surface area contributed by atoms with Crippen LogP contribution in [0.2, 0.25) is 0 Å². The van der Waals surface area contributed by atoms with Crippen LogP contribution < -0.4 is 20.5 Å². The first-order chi connectivity index (χ1) is 9.78. The van der Waals surface area contributed by atoms with Crippen molar-refractivity contribution in [2.75, 3.05) is 11.9 Å². The molecule has 1 amide bonds. The molecule has 1 unspecified atom stereocenters. The predicted octanol–water partition coefficient (Wildman–Crippen LogP) is 2.47. The molecule has 0 aliphatic carbocycles. The molecule has 5 nitrogen and oxygen atoms in total. The molecule has 0 spiro atoms. The highest BCUT2D eigenvalue weighted by molar-refractivity contribution is 5.93. The van der Waals surface area contributed by atoms with Gasteiger partial charge >= 0.3 is 0 Å². The lowest BCUT2D eigenvalue weighted by Crippen LogP contribution is -2.36. The number of nitrogens with one attached hydrogen (secondary N) is 1. The minimum absolute atomic E-state index is 0.130. The molecule has 0 saturated carbocycles. The smallest absolute Gasteiger partial charge is 0.226 e. The zero-order valence-electron chi connectivity index (χ0n) is 13.2. The normalized spacial score (nSPS) is 17.1. The van der Waals surface area contributed by atoms with E-state index in [1.807, 2.05) is 39.8 Å². The van der Waals surface area contributed by atoms with E-state index in [4.69, 9.17) is 15.2 Å². The second-order valence-electron chi connectivity index (χ2n) is 6.24. The number of benzene rings is 1. The van der Waals surface area contributed by atoms with Crippen molar-refractivity contribution < 1.29 is 14.3 Å². The first kappa shape index (κ1) is 15.6. The number of anilines is 1. The van der Waals surface area contributed by atoms with Crippen molar-refractivity contribution in [2.24, 2.45) is 5.73 Å². The SMILES string of the molecule is CCOc1cc2c(cc1NC(=O)CC(C)(C)N)OC(C)C2. The minimum atomic E-state index is -0.544. The van der Waals surface area contributed by atoms with Gasteiger partial charge in [-0.1, -0.05) is 0 Å². The first-order valence-corrected chi connectivity index (χ1v) is 7.33. The summed E-state index contributed by atoms with van der Waals surface area (Å²) in [5.41, 5.74) is 7.09. The summed E-state index contributed by atoms with van der Waals surface area (Å²) in [4.78, 5) is 12.1. The number of carbonyl (C=O) groups is 1. The molecule has 116 valence electrons. The van der Waals surface area contributed by atoms with Crippen LogP contribution in [0.1, 0.15) is 39.7 Å². The summed E-state index contributed by atoms with van der Waals surface area (Å²) >= 11 is 0. The number of hydrogen-bond donors (Lipinski definition) is 2. The standard InChI is InChI=1S/C16H24N2O3/c1-5-20-14-7-11-6-10(2)21-13(11)8-12(14)18-15(19)9-16(3,4)17/h7-8,10H,5-6,9,17H2,1-4H3,(H,18,19). The highest BCUT2D eigenvalue weighted by atomic mass is 16.5. The number of fused-ring (bicyclic) bond motifs is 1. The molecule has 0 saturated heterocycles. The third-order valence-electron chi connectivity index (χ3n) is 3.19. The Morgan fingerprint density at radius 3 is 2.86 bits per heavy atom. The maximum atomic E-state index is 12.1. The molecule has 1 aromatic rings. The Hall–Kier alpha value is -1.75. The Balaban J connectivity index is 2.21. The number of carbonyl (C=O) groups excluding carboxylic acids is 1. The van der Waals surface area contributed by atoms with Crippen molar-refractivity contribution in [3.63, 3.8) is 0 Å². The van der Waals surface area contributed by atoms with Gasteiger partial charge in [-0.2, -0.15) is 0 Å². The van der Waals surface area contributed by atoms with Crippen LogP contribution in [0.15, 0.2) is 12.1 Å². The lowest BCUT2D eigenvalue weighted by Gasteiger charge is -2.19. The van der Waals surface area contributed by atoms with Crippen LogP contribution in [0.3, 0.4) is 0 Å². The molecule has 0 radical (unpaired) electrons. The van der Waals surface area contributed by atoms with Crippen LogP contribution >= 0.6 is 0 Å². The zero-order chi connectivity index (χ0) is 15.6. The second-order valence-corrected chi connectivity index (χ2v) is 6.24. The highest BCUT2D eigenvalue weighted by Crippen LogP contribution is 2.38. The maximum absolute atomic E-state index is 12.1. The van der Waals surface area contributed by atoms with Gasteiger partial charge in [0.2, 0.25) is 5.91 Å². The van der Waals surface area contributed by atoms with E-state index in [2.05, 4.69) is 5.32 Å². The molecule has 1 atom stereocenters. The summed E-state index contributed by atoms with van der Waals surface area (Å²) in [7, 11) is 0. The van der Waals surface area contributed by atoms with Crippen LogP contribution in [0.25, 0.3) is 0 Å². The van der Waals surface area contributed by atoms with E-state index in [0.717, 1.165) is 17.7 Å². The van der Waals surface area contributed by atoms with Gasteiger partial charge in [0.25, 0.3) is 0 Å². The van der Waals surface area contributed by atoms with E-state index in [-0.39, 0.29) is 18.4 Å². The minimum Gasteiger partial charge on any atom is -0.492 e. The van der Waals surface area contributed by atoms with Gasteiger partial charge < -0.3 is 20.5 Å². The Morgan fingerprint density at radius 2 is 2.24 bits per heavy atom. The molecular weight excluding hydrogens is 268 g/mol. The Morgan fingerprint density at radius 1 is 1.52 bits per heavy atom. The number of ether oxygens (including phenoxy) is 2. The molecule has 0 fully saturated rings. The van der Waals surface area contributed by atoms with E-state index in [9.17, 15) is 4.79 Å². The summed E-state index contributed by atoms with van der Waals surface area (Å²) in [5.74, 6) is 1.36. The van der Waals surface area contributed by atoms with Crippen molar-refractivity contribution in [1.29, 1.82) is 0 Å². The van der Waals surface area contributed by atoms with Crippen LogP contribution in [-0.4, -0.2) is 24.2 Å². The van der Waals surface area contributed by atoms with Crippen molar-refractivity contribution in [2.45, 2.75) is 52.2 Å². The topological polar surface area (TPSA) is 73.6 Å². The molecule has 5 heteroatoms. The van der Waals surface area contributed by atoms with Crippen LogP contribution in [-0.2, 0) is 11.2 Å². The predicted molar refractivity (Wildman–Crippen MR) is 82.9 cm³/mol. The average Bonchev–Trinajstić information content (AvgIpc) is 2.66. The zero-order valence-corrected chi connectivity index (χ0v) is 13.2. The number of nitrogens with two attached hydrogens (primary N) is 1. The summed E-state index contributed by atoms with van der Waals surface area (Å²) in [6, 6.07) is 3.79. The molecule has 1 aliphatic rings. The van der Waals surface area contributed by atoms with Crippen molar-refractivity contribution >= 4 is 11.6 Å². The van der Waals surface area contributed by atoms with E-state index >= 15 is 0 Å². The molecule has 21 heavy (non-hydrogen) atoms. The van der Waals surface area contributed by atoms with Gasteiger partial charge in [-0.3, -0.25) is 4.79 Å². The van der Waals surface area contributed by atoms with Crippen LogP contribution in [0.5, 0.6) is 11.5 Å². The van der Waals surface area contributed by atoms with E-state index in [1.54, 1.807) is 0 Å². The molecule has 1 aromatic carbocycles. The number of amides is 1. The fourth-order valence-corrected chi connectivity index (χ4v) is 2.42. The van der Waals surface area contributed by atoms with Crippen LogP contribution in [0.4, 0.5) is 5.69 Å². The summed E-state index contributed by atoms with van der Waals surface area (Å²) in [6.07, 6.45) is 1.26. The molecule has 3 N–H and O–H groups in total. The molecule has 0 aromatic heterocycles. The maximum Gasteiger partial charge on any atom is 0.226 e. The molecular formula is C16H24N2O3. The third kappa shape index (κ3) is 4.11. The van der Waals surface area contributed by atoms with E-state index < -0.39 is 5.54 Å². The summed E-state index contributed by atoms with van der Waals surface area (Å²) in [6.45, 7) is 8.13. The van der Waals surface area contributed by atoms with Gasteiger partial charge in [-0.05, 0) is 33.8 Å². The van der Waals surface area contributed by atoms with Crippen molar-refractivity contribution in [1.82, 2.24) is 0 Å². The molecule has 1 heterocycles. The van der Waals surface area contributed by atoms with Crippen molar-refractivity contribution in [3.05, 3.63) is 17.7 Å². The molecule has 1 aliphatic heterocycles. The lowest BCUT2D eigenvalue weighted by molar-refractivity contribution is -0.117. The Bertz CT molecular complexity index is 535. The summed E-state index contributed by atoms with van der Waals surface area (Å²) in [5, 5.41) is 2.87. The van der Waals surface area contributed by atoms with Gasteiger partial charge in [-0.15, -0.1) is 0 Å². The van der Waals surface area contributed by atoms with Gasteiger partial charge in [-0.25, -0.2) is 0 Å². The van der Waals surface area contributed by atoms with Crippen LogP contribution in [0, 0.1) is 0 Å². The summed E-state index contributed by atoms with van der Waals surface area (Å²) < 4.78 is 11.4. The number of rotatable bonds is 5. The first-order valence-electron chi connectivity index (χ1n) is 7.33. The fourth-order valence-electron chi connectivity index (χ4n) is 2.42. The van der Waals surface area contributed by atoms with Gasteiger partial charge in [0.15, 0.2) is 0 Å². The fraction of sp³-hybridized carbons (Fsp3) is 0.562. The third-order valence-corrected chi connectivity index (χ3v) is 3.19. The van der Waals surface area contributed by atoms with Crippen molar-refractivity contribution in [3.8, 4) is 11.5 Å². The van der Waals surface area contributed by atoms with E-state index in [0.29, 0.717) is 18.0 Å². The molecule has 0 bridgehead atoms.